The topological polar surface area (TPSA) is 81.9 Å². The Morgan fingerprint density at radius 2 is 1.88 bits per heavy atom. The van der Waals surface area contributed by atoms with Crippen molar-refractivity contribution < 1.29 is 9.53 Å². The third-order valence-electron chi connectivity index (χ3n) is 4.16. The minimum absolute atomic E-state index is 0.283. The Labute approximate surface area is 159 Å². The van der Waals surface area contributed by atoms with Gasteiger partial charge in [0.1, 0.15) is 5.75 Å². The molecule has 0 bridgehead atoms. The molecule has 0 aliphatic rings. The number of hydrogen-bond donors (Lipinski definition) is 1. The first-order chi connectivity index (χ1) is 12.4. The van der Waals surface area contributed by atoms with E-state index in [-0.39, 0.29) is 5.91 Å². The summed E-state index contributed by atoms with van der Waals surface area (Å²) in [4.78, 5) is 21.1. The molecule has 26 heavy (non-hydrogen) atoms. The zero-order valence-corrected chi connectivity index (χ0v) is 16.5. The molecule has 3 aromatic rings. The Morgan fingerprint density at radius 3 is 2.46 bits per heavy atom. The van der Waals surface area contributed by atoms with Gasteiger partial charge in [-0.25, -0.2) is 14.6 Å². The molecular weight excluding hydrogens is 398 g/mol. The summed E-state index contributed by atoms with van der Waals surface area (Å²) in [5, 5.41) is 7.21. The lowest BCUT2D eigenvalue weighted by molar-refractivity contribution is 0.102. The van der Waals surface area contributed by atoms with Crippen LogP contribution in [0, 0.1) is 20.8 Å². The Hall–Kier alpha value is -2.74. The second-order valence-electron chi connectivity index (χ2n) is 5.78. The summed E-state index contributed by atoms with van der Waals surface area (Å²) in [6, 6.07) is 5.20. The van der Waals surface area contributed by atoms with Crippen molar-refractivity contribution >= 4 is 27.5 Å². The van der Waals surface area contributed by atoms with Crippen molar-refractivity contribution in [1.82, 2.24) is 19.7 Å². The van der Waals surface area contributed by atoms with E-state index in [2.05, 4.69) is 36.3 Å². The number of carbonyl (C=O) groups excluding carboxylic acids is 1. The van der Waals surface area contributed by atoms with E-state index < -0.39 is 0 Å². The summed E-state index contributed by atoms with van der Waals surface area (Å²) in [5.41, 5.74) is 3.98. The highest BCUT2D eigenvalue weighted by atomic mass is 79.9. The summed E-state index contributed by atoms with van der Waals surface area (Å²) in [6.07, 6.45) is 3.11. The molecule has 8 heteroatoms. The van der Waals surface area contributed by atoms with Crippen molar-refractivity contribution in [2.75, 3.05) is 12.4 Å². The average Bonchev–Trinajstić information content (AvgIpc) is 2.90. The van der Waals surface area contributed by atoms with Crippen molar-refractivity contribution in [3.05, 3.63) is 57.6 Å². The highest BCUT2D eigenvalue weighted by Gasteiger charge is 2.14. The maximum Gasteiger partial charge on any atom is 0.257 e. The fraction of sp³-hybridized carbons (Fsp3) is 0.222. The molecule has 0 saturated heterocycles. The molecule has 0 atom stereocenters. The average molecular weight is 416 g/mol. The van der Waals surface area contributed by atoms with Crippen LogP contribution in [0.25, 0.3) is 5.95 Å². The van der Waals surface area contributed by atoms with Gasteiger partial charge in [-0.05, 0) is 60.5 Å². The molecule has 2 heterocycles. The smallest absolute Gasteiger partial charge is 0.257 e. The number of aryl methyl sites for hydroxylation is 1. The molecule has 1 amide bonds. The van der Waals surface area contributed by atoms with E-state index >= 15 is 0 Å². The molecular formula is C18H18BrN5O2. The van der Waals surface area contributed by atoms with Gasteiger partial charge in [-0.1, -0.05) is 0 Å². The van der Waals surface area contributed by atoms with Crippen molar-refractivity contribution in [2.45, 2.75) is 20.8 Å². The SMILES string of the molecule is COc1ccc(Br)c(C(=O)Nc2cnc(-n3nc(C)c(C)c3C)nc2)c1. The van der Waals surface area contributed by atoms with E-state index in [0.717, 1.165) is 17.0 Å². The number of anilines is 1. The predicted molar refractivity (Wildman–Crippen MR) is 102 cm³/mol. The lowest BCUT2D eigenvalue weighted by Crippen LogP contribution is -2.14. The van der Waals surface area contributed by atoms with Crippen LogP contribution in [-0.4, -0.2) is 32.8 Å². The van der Waals surface area contributed by atoms with Crippen molar-refractivity contribution in [2.24, 2.45) is 0 Å². The molecule has 134 valence electrons. The zero-order valence-electron chi connectivity index (χ0n) is 14.9. The third-order valence-corrected chi connectivity index (χ3v) is 4.85. The van der Waals surface area contributed by atoms with Crippen LogP contribution >= 0.6 is 15.9 Å². The number of rotatable bonds is 4. The van der Waals surface area contributed by atoms with E-state index in [4.69, 9.17) is 4.74 Å². The maximum absolute atomic E-state index is 12.5. The van der Waals surface area contributed by atoms with Gasteiger partial charge in [0.2, 0.25) is 0 Å². The lowest BCUT2D eigenvalue weighted by Gasteiger charge is -2.09. The molecule has 2 aromatic heterocycles. The minimum Gasteiger partial charge on any atom is -0.497 e. The Kier molecular flexibility index (Phi) is 5.03. The van der Waals surface area contributed by atoms with Gasteiger partial charge < -0.3 is 10.1 Å². The van der Waals surface area contributed by atoms with Gasteiger partial charge in [0.05, 0.1) is 36.4 Å². The van der Waals surface area contributed by atoms with Gasteiger partial charge >= 0.3 is 0 Å². The van der Waals surface area contributed by atoms with Gasteiger partial charge in [-0.2, -0.15) is 5.10 Å². The van der Waals surface area contributed by atoms with E-state index in [1.54, 1.807) is 42.4 Å². The zero-order chi connectivity index (χ0) is 18.8. The number of nitrogens with zero attached hydrogens (tertiary/aromatic N) is 4. The Morgan fingerprint density at radius 1 is 1.19 bits per heavy atom. The number of halogens is 1. The number of aromatic nitrogens is 4. The molecule has 0 spiro atoms. The third kappa shape index (κ3) is 3.45. The standard InChI is InChI=1S/C18H18BrN5O2/c1-10-11(2)23-24(12(10)3)18-20-8-13(9-21-18)22-17(25)15-7-14(26-4)5-6-16(15)19/h5-9H,1-4H3,(H,22,25). The van der Waals surface area contributed by atoms with E-state index in [1.165, 1.54) is 0 Å². The molecule has 0 unspecified atom stereocenters. The highest BCUT2D eigenvalue weighted by Crippen LogP contribution is 2.23. The number of amides is 1. The minimum atomic E-state index is -0.283. The van der Waals surface area contributed by atoms with E-state index in [0.29, 0.717) is 27.4 Å². The first kappa shape index (κ1) is 18.1. The lowest BCUT2D eigenvalue weighted by atomic mass is 10.2. The molecule has 7 nitrogen and oxygen atoms in total. The molecule has 0 saturated carbocycles. The molecule has 0 aliphatic heterocycles. The van der Waals surface area contributed by atoms with Crippen LogP contribution in [0.3, 0.4) is 0 Å². The maximum atomic E-state index is 12.5. The van der Waals surface area contributed by atoms with Crippen LogP contribution in [-0.2, 0) is 0 Å². The number of ether oxygens (including phenoxy) is 1. The van der Waals surface area contributed by atoms with Gasteiger partial charge in [-0.3, -0.25) is 4.79 Å². The van der Waals surface area contributed by atoms with Gasteiger partial charge in [0.15, 0.2) is 0 Å². The molecule has 1 N–H and O–H groups in total. The normalized spacial score (nSPS) is 10.7. The first-order valence-electron chi connectivity index (χ1n) is 7.91. The summed E-state index contributed by atoms with van der Waals surface area (Å²) in [5.74, 6) is 0.776. The number of nitrogens with one attached hydrogen (secondary N) is 1. The molecule has 0 fully saturated rings. The molecule has 0 radical (unpaired) electrons. The van der Waals surface area contributed by atoms with Gasteiger partial charge in [0.25, 0.3) is 11.9 Å². The van der Waals surface area contributed by atoms with E-state index in [9.17, 15) is 4.79 Å². The van der Waals surface area contributed by atoms with Gasteiger partial charge in [-0.15, -0.1) is 0 Å². The largest absolute Gasteiger partial charge is 0.497 e. The van der Waals surface area contributed by atoms with E-state index in [1.807, 2.05) is 20.8 Å². The molecule has 1 aromatic carbocycles. The Bertz CT molecular complexity index is 966. The predicted octanol–water partition coefficient (Wildman–Crippen LogP) is 3.61. The van der Waals surface area contributed by atoms with Gasteiger partial charge in [0, 0.05) is 10.2 Å². The van der Waals surface area contributed by atoms with Crippen LogP contribution in [0.5, 0.6) is 5.75 Å². The number of benzene rings is 1. The fourth-order valence-electron chi connectivity index (χ4n) is 2.41. The summed E-state index contributed by atoms with van der Waals surface area (Å²) in [6.45, 7) is 5.92. The summed E-state index contributed by atoms with van der Waals surface area (Å²) < 4.78 is 7.52. The van der Waals surface area contributed by atoms with Crippen LogP contribution in [0.4, 0.5) is 5.69 Å². The fourth-order valence-corrected chi connectivity index (χ4v) is 2.84. The van der Waals surface area contributed by atoms with Crippen LogP contribution in [0.1, 0.15) is 27.3 Å². The second-order valence-corrected chi connectivity index (χ2v) is 6.63. The Balaban J connectivity index is 1.81. The summed E-state index contributed by atoms with van der Waals surface area (Å²) in [7, 11) is 1.55. The monoisotopic (exact) mass is 415 g/mol. The second kappa shape index (κ2) is 7.25. The van der Waals surface area contributed by atoms with Crippen molar-refractivity contribution in [3.8, 4) is 11.7 Å². The number of hydrogen-bond acceptors (Lipinski definition) is 5. The first-order valence-corrected chi connectivity index (χ1v) is 8.70. The molecule has 3 rings (SSSR count). The number of carbonyl (C=O) groups is 1. The quantitative estimate of drug-likeness (QED) is 0.703. The van der Waals surface area contributed by atoms with Crippen LogP contribution in [0.15, 0.2) is 35.1 Å². The summed E-state index contributed by atoms with van der Waals surface area (Å²) >= 11 is 3.37. The van der Waals surface area contributed by atoms with Crippen molar-refractivity contribution in [3.63, 3.8) is 0 Å². The van der Waals surface area contributed by atoms with Crippen LogP contribution < -0.4 is 10.1 Å². The number of methoxy groups -OCH3 is 1. The highest BCUT2D eigenvalue weighted by molar-refractivity contribution is 9.10. The van der Waals surface area contributed by atoms with Crippen LogP contribution in [0.2, 0.25) is 0 Å². The van der Waals surface area contributed by atoms with Crippen molar-refractivity contribution in [1.29, 1.82) is 0 Å². The molecule has 0 aliphatic carbocycles.